The molecule has 4 heteroatoms. The molecule has 0 amide bonds. The van der Waals surface area contributed by atoms with Gasteiger partial charge in [0.15, 0.2) is 15.6 Å². The van der Waals surface area contributed by atoms with Gasteiger partial charge in [-0.1, -0.05) is 18.2 Å². The van der Waals surface area contributed by atoms with Gasteiger partial charge in [0, 0.05) is 6.26 Å². The molecule has 0 aromatic rings. The van der Waals surface area contributed by atoms with Gasteiger partial charge in [0.25, 0.3) is 0 Å². The highest BCUT2D eigenvalue weighted by Gasteiger charge is 2.24. The van der Waals surface area contributed by atoms with Crippen LogP contribution >= 0.6 is 0 Å². The molecule has 0 fully saturated rings. The lowest BCUT2D eigenvalue weighted by atomic mass is 10.2. The second-order valence-electron chi connectivity index (χ2n) is 2.40. The Morgan fingerprint density at radius 2 is 2.00 bits per heavy atom. The summed E-state index contributed by atoms with van der Waals surface area (Å²) in [5.41, 5.74) is 0. The van der Waals surface area contributed by atoms with E-state index in [1.54, 1.807) is 6.08 Å². The van der Waals surface area contributed by atoms with E-state index in [9.17, 15) is 13.2 Å². The molecule has 3 nitrogen and oxygen atoms in total. The van der Waals surface area contributed by atoms with E-state index in [0.717, 1.165) is 6.26 Å². The van der Waals surface area contributed by atoms with Gasteiger partial charge in [0.1, 0.15) is 5.25 Å². The van der Waals surface area contributed by atoms with Gasteiger partial charge in [-0.05, 0) is 6.08 Å². The van der Waals surface area contributed by atoms with E-state index in [0.29, 0.717) is 0 Å². The van der Waals surface area contributed by atoms with Gasteiger partial charge >= 0.3 is 0 Å². The van der Waals surface area contributed by atoms with E-state index in [1.807, 2.05) is 0 Å². The van der Waals surface area contributed by atoms with Crippen LogP contribution in [-0.4, -0.2) is 25.7 Å². The number of hydrogen-bond donors (Lipinski definition) is 0. The van der Waals surface area contributed by atoms with Crippen LogP contribution in [0.4, 0.5) is 0 Å². The number of carbonyl (C=O) groups is 1. The summed E-state index contributed by atoms with van der Waals surface area (Å²) in [5, 5.41) is -0.965. The molecule has 1 atom stereocenters. The molecule has 0 aliphatic heterocycles. The van der Waals surface area contributed by atoms with Crippen LogP contribution in [0.15, 0.2) is 24.3 Å². The number of rotatable bonds is 1. The lowest BCUT2D eigenvalue weighted by Crippen LogP contribution is -2.27. The fourth-order valence-electron chi connectivity index (χ4n) is 0.859. The second-order valence-corrected chi connectivity index (χ2v) is 4.56. The van der Waals surface area contributed by atoms with Crippen molar-refractivity contribution < 1.29 is 13.2 Å². The summed E-state index contributed by atoms with van der Waals surface area (Å²) in [7, 11) is -3.26. The van der Waals surface area contributed by atoms with Crippen molar-refractivity contribution in [2.45, 2.75) is 5.25 Å². The highest BCUT2D eigenvalue weighted by molar-refractivity contribution is 7.92. The minimum atomic E-state index is -3.26. The van der Waals surface area contributed by atoms with Crippen molar-refractivity contribution in [3.8, 4) is 0 Å². The first-order valence-electron chi connectivity index (χ1n) is 3.09. The van der Waals surface area contributed by atoms with E-state index >= 15 is 0 Å². The normalized spacial score (nSPS) is 24.1. The third-order valence-electron chi connectivity index (χ3n) is 1.40. The molecule has 0 aromatic carbocycles. The van der Waals surface area contributed by atoms with Crippen LogP contribution in [0.2, 0.25) is 0 Å². The van der Waals surface area contributed by atoms with Crippen LogP contribution in [0.25, 0.3) is 0 Å². The highest BCUT2D eigenvalue weighted by Crippen LogP contribution is 2.07. The van der Waals surface area contributed by atoms with Crippen molar-refractivity contribution in [3.05, 3.63) is 24.3 Å². The average Bonchev–Trinajstić information content (AvgIpc) is 1.86. The number of ketones is 1. The predicted molar refractivity (Wildman–Crippen MR) is 41.9 cm³/mol. The van der Waals surface area contributed by atoms with Gasteiger partial charge < -0.3 is 0 Å². The number of carbonyl (C=O) groups excluding carboxylic acids is 1. The molecule has 1 aliphatic rings. The average molecular weight is 172 g/mol. The lowest BCUT2D eigenvalue weighted by molar-refractivity contribution is -0.113. The van der Waals surface area contributed by atoms with Gasteiger partial charge in [-0.15, -0.1) is 0 Å². The zero-order valence-electron chi connectivity index (χ0n) is 6.02. The van der Waals surface area contributed by atoms with Crippen LogP contribution in [0.5, 0.6) is 0 Å². The quantitative estimate of drug-likeness (QED) is 0.563. The molecular formula is C7H8O3S. The van der Waals surface area contributed by atoms with Crippen LogP contribution in [0.1, 0.15) is 0 Å². The van der Waals surface area contributed by atoms with E-state index in [4.69, 9.17) is 0 Å². The van der Waals surface area contributed by atoms with Crippen molar-refractivity contribution >= 4 is 15.6 Å². The van der Waals surface area contributed by atoms with E-state index in [-0.39, 0.29) is 5.78 Å². The zero-order valence-corrected chi connectivity index (χ0v) is 6.84. The fourth-order valence-corrected chi connectivity index (χ4v) is 1.74. The summed E-state index contributed by atoms with van der Waals surface area (Å²) in [6.45, 7) is 0. The van der Waals surface area contributed by atoms with E-state index in [2.05, 4.69) is 0 Å². The highest BCUT2D eigenvalue weighted by atomic mass is 32.2. The van der Waals surface area contributed by atoms with Crippen LogP contribution in [0.3, 0.4) is 0 Å². The Morgan fingerprint density at radius 1 is 1.36 bits per heavy atom. The van der Waals surface area contributed by atoms with Crippen LogP contribution < -0.4 is 0 Å². The van der Waals surface area contributed by atoms with Crippen molar-refractivity contribution in [2.75, 3.05) is 6.26 Å². The monoisotopic (exact) mass is 172 g/mol. The molecule has 0 N–H and O–H groups in total. The molecule has 0 spiro atoms. The first-order chi connectivity index (χ1) is 5.02. The predicted octanol–water partition coefficient (Wildman–Crippen LogP) is 0.0947. The molecule has 11 heavy (non-hydrogen) atoms. The molecular weight excluding hydrogens is 164 g/mol. The lowest BCUT2D eigenvalue weighted by Gasteiger charge is -2.07. The summed E-state index contributed by atoms with van der Waals surface area (Å²) in [5.74, 6) is -0.366. The molecule has 0 radical (unpaired) electrons. The van der Waals surface area contributed by atoms with Gasteiger partial charge in [-0.25, -0.2) is 8.42 Å². The summed E-state index contributed by atoms with van der Waals surface area (Å²) in [6.07, 6.45) is 6.81. The van der Waals surface area contributed by atoms with Crippen molar-refractivity contribution in [3.63, 3.8) is 0 Å². The Labute approximate surface area is 65.3 Å². The van der Waals surface area contributed by atoms with E-state index < -0.39 is 15.1 Å². The Hall–Kier alpha value is -0.900. The summed E-state index contributed by atoms with van der Waals surface area (Å²) in [4.78, 5) is 10.9. The topological polar surface area (TPSA) is 51.2 Å². The molecule has 1 rings (SSSR count). The van der Waals surface area contributed by atoms with Crippen LogP contribution in [0, 0.1) is 0 Å². The fraction of sp³-hybridized carbons (Fsp3) is 0.286. The maximum absolute atomic E-state index is 10.9. The minimum absolute atomic E-state index is 0.366. The number of hydrogen-bond acceptors (Lipinski definition) is 3. The Bertz CT molecular complexity index is 322. The molecule has 1 unspecified atom stereocenters. The molecule has 0 bridgehead atoms. The second kappa shape index (κ2) is 2.62. The van der Waals surface area contributed by atoms with Gasteiger partial charge in [-0.2, -0.15) is 0 Å². The third-order valence-corrected chi connectivity index (χ3v) is 2.71. The van der Waals surface area contributed by atoms with Gasteiger partial charge in [0.2, 0.25) is 0 Å². The van der Waals surface area contributed by atoms with Gasteiger partial charge in [-0.3, -0.25) is 4.79 Å². The smallest absolute Gasteiger partial charge is 0.177 e. The summed E-state index contributed by atoms with van der Waals surface area (Å²) >= 11 is 0. The SMILES string of the molecule is CS(=O)(=O)C1C=CC=CC1=O. The molecule has 1 aliphatic carbocycles. The maximum atomic E-state index is 10.9. The van der Waals surface area contributed by atoms with Crippen LogP contribution in [-0.2, 0) is 14.6 Å². The van der Waals surface area contributed by atoms with Crippen molar-refractivity contribution in [1.82, 2.24) is 0 Å². The third kappa shape index (κ3) is 1.77. The molecule has 0 saturated carbocycles. The first-order valence-corrected chi connectivity index (χ1v) is 5.05. The summed E-state index contributed by atoms with van der Waals surface area (Å²) in [6, 6.07) is 0. The Balaban J connectivity index is 3.01. The van der Waals surface area contributed by atoms with Crippen molar-refractivity contribution in [2.24, 2.45) is 0 Å². The largest absolute Gasteiger partial charge is 0.293 e. The maximum Gasteiger partial charge on any atom is 0.177 e. The Kier molecular flexibility index (Phi) is 1.95. The summed E-state index contributed by atoms with van der Waals surface area (Å²) < 4.78 is 21.8. The minimum Gasteiger partial charge on any atom is -0.293 e. The molecule has 0 saturated heterocycles. The first kappa shape index (κ1) is 8.20. The number of allylic oxidation sites excluding steroid dienone is 3. The molecule has 0 aromatic heterocycles. The standard InChI is InChI=1S/C7H8O3S/c1-11(9,10)7-5-3-2-4-6(7)8/h2-5,7H,1H3. The molecule has 60 valence electrons. The van der Waals surface area contributed by atoms with E-state index in [1.165, 1.54) is 18.2 Å². The number of sulfone groups is 1. The van der Waals surface area contributed by atoms with Crippen molar-refractivity contribution in [1.29, 1.82) is 0 Å². The zero-order chi connectivity index (χ0) is 8.48. The van der Waals surface area contributed by atoms with Gasteiger partial charge in [0.05, 0.1) is 0 Å². The Morgan fingerprint density at radius 3 is 2.36 bits per heavy atom. The molecule has 0 heterocycles.